The van der Waals surface area contributed by atoms with Crippen molar-refractivity contribution in [1.29, 1.82) is 0 Å². The molecule has 0 aromatic carbocycles. The predicted octanol–water partition coefficient (Wildman–Crippen LogP) is 3.52. The molecule has 2 unspecified atom stereocenters. The summed E-state index contributed by atoms with van der Waals surface area (Å²) >= 11 is 0. The summed E-state index contributed by atoms with van der Waals surface area (Å²) in [6, 6.07) is -0.943. The number of rotatable bonds is 5. The van der Waals surface area contributed by atoms with Gasteiger partial charge in [-0.05, 0) is 52.9 Å². The fourth-order valence-corrected chi connectivity index (χ4v) is 2.59. The first-order valence-corrected chi connectivity index (χ1v) is 7.49. The number of carboxylic acids is 1. The lowest BCUT2D eigenvalue weighted by Crippen LogP contribution is -2.43. The molecule has 128 valence electrons. The molecule has 7 heteroatoms. The molecule has 1 amide bonds. The number of carbonyl (C=O) groups excluding carboxylic acids is 1. The number of ether oxygens (including phenoxy) is 1. The van der Waals surface area contributed by atoms with Gasteiger partial charge in [0.25, 0.3) is 0 Å². The summed E-state index contributed by atoms with van der Waals surface area (Å²) in [6.45, 7) is 6.22. The summed E-state index contributed by atoms with van der Waals surface area (Å²) in [7, 11) is 0. The average molecular weight is 321 g/mol. The number of carboxylic acid groups (broad SMARTS) is 1. The van der Waals surface area contributed by atoms with Crippen LogP contribution in [-0.4, -0.2) is 46.2 Å². The molecule has 0 aromatic rings. The Morgan fingerprint density at radius 1 is 1.27 bits per heavy atom. The molecule has 0 saturated carbocycles. The van der Waals surface area contributed by atoms with E-state index in [2.05, 4.69) is 0 Å². The Morgan fingerprint density at radius 3 is 2.32 bits per heavy atom. The van der Waals surface area contributed by atoms with Gasteiger partial charge in [0, 0.05) is 13.0 Å². The molecule has 1 fully saturated rings. The molecule has 1 aliphatic heterocycles. The summed E-state index contributed by atoms with van der Waals surface area (Å²) in [4.78, 5) is 24.6. The van der Waals surface area contributed by atoms with Crippen LogP contribution in [0.1, 0.15) is 53.4 Å². The van der Waals surface area contributed by atoms with Crippen LogP contribution in [0, 0.1) is 5.92 Å². The van der Waals surface area contributed by atoms with Gasteiger partial charge in [-0.2, -0.15) is 0 Å². The Kier molecular flexibility index (Phi) is 5.76. The normalized spacial score (nSPS) is 22.7. The van der Waals surface area contributed by atoms with E-state index in [1.807, 2.05) is 0 Å². The lowest BCUT2D eigenvalue weighted by molar-refractivity contribution is -0.142. The quantitative estimate of drug-likeness (QED) is 0.841. The van der Waals surface area contributed by atoms with Gasteiger partial charge < -0.3 is 9.84 Å². The van der Waals surface area contributed by atoms with Crippen molar-refractivity contribution < 1.29 is 28.2 Å². The van der Waals surface area contributed by atoms with Gasteiger partial charge >= 0.3 is 12.1 Å². The molecule has 1 heterocycles. The van der Waals surface area contributed by atoms with Crippen LogP contribution >= 0.6 is 0 Å². The Balaban J connectivity index is 2.61. The van der Waals surface area contributed by atoms with Crippen molar-refractivity contribution in [1.82, 2.24) is 4.90 Å². The topological polar surface area (TPSA) is 66.8 Å². The number of likely N-dealkylation sites (tertiary alicyclic amines) is 1. The Bertz CT molecular complexity index is 415. The second-order valence-electron chi connectivity index (χ2n) is 7.05. The van der Waals surface area contributed by atoms with Crippen molar-refractivity contribution in [3.63, 3.8) is 0 Å². The molecule has 1 aliphatic rings. The van der Waals surface area contributed by atoms with Gasteiger partial charge in [-0.25, -0.2) is 18.4 Å². The van der Waals surface area contributed by atoms with E-state index >= 15 is 0 Å². The third-order valence-corrected chi connectivity index (χ3v) is 3.53. The van der Waals surface area contributed by atoms with Crippen molar-refractivity contribution in [2.24, 2.45) is 5.92 Å². The van der Waals surface area contributed by atoms with Gasteiger partial charge in [0.15, 0.2) is 0 Å². The van der Waals surface area contributed by atoms with E-state index in [0.29, 0.717) is 12.8 Å². The summed E-state index contributed by atoms with van der Waals surface area (Å²) in [5.74, 6) is -3.89. The third-order valence-electron chi connectivity index (χ3n) is 3.53. The average Bonchev–Trinajstić information content (AvgIpc) is 2.69. The van der Waals surface area contributed by atoms with Crippen LogP contribution in [0.15, 0.2) is 0 Å². The van der Waals surface area contributed by atoms with E-state index in [9.17, 15) is 23.5 Å². The number of carbonyl (C=O) groups is 2. The van der Waals surface area contributed by atoms with E-state index in [-0.39, 0.29) is 25.3 Å². The van der Waals surface area contributed by atoms with Gasteiger partial charge in [0.05, 0.1) is 0 Å². The van der Waals surface area contributed by atoms with Gasteiger partial charge in [0.1, 0.15) is 11.6 Å². The number of halogens is 2. The van der Waals surface area contributed by atoms with Crippen LogP contribution in [0.2, 0.25) is 0 Å². The Morgan fingerprint density at radius 2 is 1.86 bits per heavy atom. The van der Waals surface area contributed by atoms with Crippen LogP contribution < -0.4 is 0 Å². The molecule has 5 nitrogen and oxygen atoms in total. The molecule has 0 radical (unpaired) electrons. The van der Waals surface area contributed by atoms with E-state index in [0.717, 1.165) is 6.92 Å². The molecule has 2 atom stereocenters. The molecular formula is C15H25F2NO4. The number of hydrogen-bond donors (Lipinski definition) is 1. The largest absolute Gasteiger partial charge is 0.480 e. The lowest BCUT2D eigenvalue weighted by Gasteiger charge is -2.26. The Labute approximate surface area is 129 Å². The van der Waals surface area contributed by atoms with Gasteiger partial charge in [-0.3, -0.25) is 4.90 Å². The maximum Gasteiger partial charge on any atom is 0.411 e. The summed E-state index contributed by atoms with van der Waals surface area (Å²) in [5.41, 5.74) is -0.706. The van der Waals surface area contributed by atoms with Crippen molar-refractivity contribution in [2.75, 3.05) is 6.54 Å². The molecule has 1 rings (SSSR count). The van der Waals surface area contributed by atoms with E-state index in [1.54, 1.807) is 20.8 Å². The van der Waals surface area contributed by atoms with Crippen molar-refractivity contribution in [3.05, 3.63) is 0 Å². The zero-order valence-corrected chi connectivity index (χ0v) is 13.6. The highest BCUT2D eigenvalue weighted by atomic mass is 19.3. The zero-order valence-electron chi connectivity index (χ0n) is 13.6. The SMILES string of the molecule is CC(F)(F)CCCC1CC(C(=O)O)N(C(=O)OC(C)(C)C)C1. The molecule has 1 N–H and O–H groups in total. The monoisotopic (exact) mass is 321 g/mol. The highest BCUT2D eigenvalue weighted by Gasteiger charge is 2.41. The summed E-state index contributed by atoms with van der Waals surface area (Å²) in [5, 5.41) is 9.23. The molecule has 0 spiro atoms. The van der Waals surface area contributed by atoms with Gasteiger partial charge in [0.2, 0.25) is 5.92 Å². The summed E-state index contributed by atoms with van der Waals surface area (Å²) < 4.78 is 30.8. The second kappa shape index (κ2) is 6.79. The third kappa shape index (κ3) is 6.15. The van der Waals surface area contributed by atoms with Crippen LogP contribution in [-0.2, 0) is 9.53 Å². The van der Waals surface area contributed by atoms with E-state index < -0.39 is 29.6 Å². The standard InChI is InChI=1S/C15H25F2NO4/c1-14(2,3)22-13(21)18-9-10(8-11(18)12(19)20)6-5-7-15(4,16)17/h10-11H,5-9H2,1-4H3,(H,19,20). The molecular weight excluding hydrogens is 296 g/mol. The lowest BCUT2D eigenvalue weighted by atomic mass is 9.98. The molecule has 0 aliphatic carbocycles. The van der Waals surface area contributed by atoms with Crippen molar-refractivity contribution in [2.45, 2.75) is 70.9 Å². The maximum absolute atomic E-state index is 12.8. The number of nitrogens with zero attached hydrogens (tertiary/aromatic N) is 1. The minimum atomic E-state index is -2.71. The van der Waals surface area contributed by atoms with Crippen LogP contribution in [0.3, 0.4) is 0 Å². The fourth-order valence-electron chi connectivity index (χ4n) is 2.59. The molecule has 22 heavy (non-hydrogen) atoms. The van der Waals surface area contributed by atoms with E-state index in [4.69, 9.17) is 4.74 Å². The smallest absolute Gasteiger partial charge is 0.411 e. The predicted molar refractivity (Wildman–Crippen MR) is 76.9 cm³/mol. The first-order valence-electron chi connectivity index (χ1n) is 7.49. The number of amides is 1. The summed E-state index contributed by atoms with van der Waals surface area (Å²) in [6.07, 6.45) is 0.176. The zero-order chi connectivity index (χ0) is 17.1. The molecule has 1 saturated heterocycles. The number of hydrogen-bond acceptors (Lipinski definition) is 3. The minimum absolute atomic E-state index is 0.0871. The van der Waals surface area contributed by atoms with Crippen LogP contribution in [0.5, 0.6) is 0 Å². The first-order chi connectivity index (χ1) is 9.89. The van der Waals surface area contributed by atoms with Gasteiger partial charge in [-0.1, -0.05) is 0 Å². The second-order valence-corrected chi connectivity index (χ2v) is 7.05. The fraction of sp³-hybridized carbons (Fsp3) is 0.867. The molecule has 0 aromatic heterocycles. The van der Waals surface area contributed by atoms with Crippen molar-refractivity contribution in [3.8, 4) is 0 Å². The number of aliphatic carboxylic acids is 1. The first kappa shape index (κ1) is 18.6. The van der Waals surface area contributed by atoms with Crippen LogP contribution in [0.4, 0.5) is 13.6 Å². The van der Waals surface area contributed by atoms with E-state index in [1.165, 1.54) is 4.90 Å². The highest BCUT2D eigenvalue weighted by Crippen LogP contribution is 2.30. The van der Waals surface area contributed by atoms with Crippen LogP contribution in [0.25, 0.3) is 0 Å². The highest BCUT2D eigenvalue weighted by molar-refractivity contribution is 5.80. The Hall–Kier alpha value is -1.40. The van der Waals surface area contributed by atoms with Crippen molar-refractivity contribution >= 4 is 12.1 Å². The number of alkyl halides is 2. The maximum atomic E-state index is 12.8. The minimum Gasteiger partial charge on any atom is -0.480 e. The van der Waals surface area contributed by atoms with Gasteiger partial charge in [-0.15, -0.1) is 0 Å². The molecule has 0 bridgehead atoms.